The molecule has 6 heteroatoms. The highest BCUT2D eigenvalue weighted by molar-refractivity contribution is 5.29. The first-order valence-electron chi connectivity index (χ1n) is 6.41. The molecule has 0 amide bonds. The molecule has 20 heavy (non-hydrogen) atoms. The Morgan fingerprint density at radius 3 is 2.20 bits per heavy atom. The second-order valence-corrected chi connectivity index (χ2v) is 4.64. The topological polar surface area (TPSA) is 32.7 Å². The number of aliphatic hydroxyl groups is 1. The lowest BCUT2D eigenvalue weighted by Crippen LogP contribution is -2.43. The first-order chi connectivity index (χ1) is 9.28. The second-order valence-electron chi connectivity index (χ2n) is 4.64. The number of halogens is 3. The number of hydrogen-bond donors (Lipinski definition) is 1. The van der Waals surface area contributed by atoms with Crippen molar-refractivity contribution in [1.29, 1.82) is 0 Å². The fourth-order valence-corrected chi connectivity index (χ4v) is 2.05. The van der Waals surface area contributed by atoms with Crippen LogP contribution in [0.4, 0.5) is 13.2 Å². The Bertz CT molecular complexity index is 406. The summed E-state index contributed by atoms with van der Waals surface area (Å²) in [6, 6.07) is 6.02. The van der Waals surface area contributed by atoms with Crippen molar-refractivity contribution in [1.82, 2.24) is 4.90 Å². The maximum absolute atomic E-state index is 12.5. The van der Waals surface area contributed by atoms with Crippen molar-refractivity contribution >= 4 is 0 Å². The summed E-state index contributed by atoms with van der Waals surface area (Å²) in [7, 11) is 1.52. The van der Waals surface area contributed by atoms with Gasteiger partial charge in [-0.1, -0.05) is 19.1 Å². The van der Waals surface area contributed by atoms with Gasteiger partial charge in [0, 0.05) is 6.04 Å². The minimum atomic E-state index is -4.27. The maximum atomic E-state index is 12.5. The first-order valence-corrected chi connectivity index (χ1v) is 6.41. The van der Waals surface area contributed by atoms with Gasteiger partial charge in [-0.25, -0.2) is 0 Å². The van der Waals surface area contributed by atoms with E-state index in [0.29, 0.717) is 11.3 Å². The summed E-state index contributed by atoms with van der Waals surface area (Å²) in [4.78, 5) is 1.20. The predicted molar refractivity (Wildman–Crippen MR) is 70.7 cm³/mol. The van der Waals surface area contributed by atoms with Crippen molar-refractivity contribution < 1.29 is 23.0 Å². The van der Waals surface area contributed by atoms with E-state index in [4.69, 9.17) is 4.74 Å². The van der Waals surface area contributed by atoms with Crippen LogP contribution < -0.4 is 4.74 Å². The Morgan fingerprint density at radius 2 is 1.80 bits per heavy atom. The SMILES string of the molecule is CCN(CC(F)(F)F)C(C)C(O)c1ccc(OC)cc1. The fourth-order valence-electron chi connectivity index (χ4n) is 2.05. The van der Waals surface area contributed by atoms with Crippen LogP contribution >= 0.6 is 0 Å². The summed E-state index contributed by atoms with van der Waals surface area (Å²) in [6.07, 6.45) is -5.26. The Hall–Kier alpha value is -1.27. The van der Waals surface area contributed by atoms with Crippen molar-refractivity contribution in [3.8, 4) is 5.75 Å². The van der Waals surface area contributed by atoms with E-state index in [1.54, 1.807) is 38.1 Å². The number of aliphatic hydroxyl groups excluding tert-OH is 1. The van der Waals surface area contributed by atoms with E-state index in [1.807, 2.05) is 0 Å². The summed E-state index contributed by atoms with van der Waals surface area (Å²) in [5.74, 6) is 0.635. The molecule has 0 radical (unpaired) electrons. The number of alkyl halides is 3. The fraction of sp³-hybridized carbons (Fsp3) is 0.571. The van der Waals surface area contributed by atoms with E-state index in [-0.39, 0.29) is 6.54 Å². The normalized spacial score (nSPS) is 15.2. The third-order valence-electron chi connectivity index (χ3n) is 3.28. The van der Waals surface area contributed by atoms with Gasteiger partial charge in [0.1, 0.15) is 5.75 Å². The molecule has 0 saturated carbocycles. The zero-order valence-corrected chi connectivity index (χ0v) is 11.8. The molecule has 0 aliphatic rings. The molecule has 1 aromatic carbocycles. The molecule has 114 valence electrons. The predicted octanol–water partition coefficient (Wildman–Crippen LogP) is 3.00. The monoisotopic (exact) mass is 291 g/mol. The molecule has 0 aromatic heterocycles. The number of nitrogens with zero attached hydrogens (tertiary/aromatic N) is 1. The lowest BCUT2D eigenvalue weighted by atomic mass is 10.0. The van der Waals surface area contributed by atoms with Crippen LogP contribution in [0, 0.1) is 0 Å². The summed E-state index contributed by atoms with van der Waals surface area (Å²) in [6.45, 7) is 2.42. The molecule has 2 unspecified atom stereocenters. The molecular weight excluding hydrogens is 271 g/mol. The van der Waals surface area contributed by atoms with Gasteiger partial charge in [-0.2, -0.15) is 13.2 Å². The van der Waals surface area contributed by atoms with Gasteiger partial charge < -0.3 is 9.84 Å². The van der Waals surface area contributed by atoms with Crippen LogP contribution in [0.1, 0.15) is 25.5 Å². The highest BCUT2D eigenvalue weighted by atomic mass is 19.4. The highest BCUT2D eigenvalue weighted by Gasteiger charge is 2.34. The molecule has 0 saturated heterocycles. The Labute approximate surface area is 117 Å². The van der Waals surface area contributed by atoms with Gasteiger partial charge in [0.15, 0.2) is 0 Å². The minimum Gasteiger partial charge on any atom is -0.497 e. The molecule has 0 fully saturated rings. The summed E-state index contributed by atoms with van der Waals surface area (Å²) >= 11 is 0. The standard InChI is InChI=1S/C14H20F3NO2/c1-4-18(9-14(15,16)17)10(2)13(19)11-5-7-12(20-3)8-6-11/h5-8,10,13,19H,4,9H2,1-3H3. The summed E-state index contributed by atoms with van der Waals surface area (Å²) in [5, 5.41) is 10.2. The number of likely N-dealkylation sites (N-methyl/N-ethyl adjacent to an activating group) is 1. The van der Waals surface area contributed by atoms with E-state index in [9.17, 15) is 18.3 Å². The summed E-state index contributed by atoms with van der Waals surface area (Å²) in [5.41, 5.74) is 0.568. The minimum absolute atomic E-state index is 0.216. The Morgan fingerprint density at radius 1 is 1.25 bits per heavy atom. The van der Waals surface area contributed by atoms with Crippen molar-refractivity contribution in [2.75, 3.05) is 20.2 Å². The van der Waals surface area contributed by atoms with Crippen LogP contribution in [0.15, 0.2) is 24.3 Å². The van der Waals surface area contributed by atoms with Crippen LogP contribution in [0.3, 0.4) is 0 Å². The summed E-state index contributed by atoms with van der Waals surface area (Å²) < 4.78 is 42.4. The van der Waals surface area contributed by atoms with Crippen LogP contribution in [-0.2, 0) is 0 Å². The largest absolute Gasteiger partial charge is 0.497 e. The van der Waals surface area contributed by atoms with E-state index in [1.165, 1.54) is 12.0 Å². The van der Waals surface area contributed by atoms with Crippen LogP contribution in [0.25, 0.3) is 0 Å². The van der Waals surface area contributed by atoms with Gasteiger partial charge in [0.25, 0.3) is 0 Å². The van der Waals surface area contributed by atoms with Gasteiger partial charge in [0.05, 0.1) is 19.8 Å². The van der Waals surface area contributed by atoms with E-state index >= 15 is 0 Å². The van der Waals surface area contributed by atoms with Crippen molar-refractivity contribution in [3.63, 3.8) is 0 Å². The number of ether oxygens (including phenoxy) is 1. The molecule has 1 N–H and O–H groups in total. The second kappa shape index (κ2) is 6.95. The van der Waals surface area contributed by atoms with E-state index in [2.05, 4.69) is 0 Å². The smallest absolute Gasteiger partial charge is 0.401 e. The van der Waals surface area contributed by atoms with Crippen molar-refractivity contribution in [2.45, 2.75) is 32.2 Å². The molecule has 1 rings (SSSR count). The molecule has 0 spiro atoms. The van der Waals surface area contributed by atoms with E-state index < -0.39 is 24.9 Å². The van der Waals surface area contributed by atoms with Crippen molar-refractivity contribution in [2.24, 2.45) is 0 Å². The zero-order valence-electron chi connectivity index (χ0n) is 11.8. The van der Waals surface area contributed by atoms with Gasteiger partial charge >= 0.3 is 6.18 Å². The molecule has 0 heterocycles. The Balaban J connectivity index is 2.79. The first kappa shape index (κ1) is 16.8. The molecule has 0 aliphatic carbocycles. The number of hydrogen-bond acceptors (Lipinski definition) is 3. The van der Waals surface area contributed by atoms with Gasteiger partial charge in [0.2, 0.25) is 0 Å². The average molecular weight is 291 g/mol. The van der Waals surface area contributed by atoms with Gasteiger partial charge in [-0.05, 0) is 31.2 Å². The molecular formula is C14H20F3NO2. The number of methoxy groups -OCH3 is 1. The van der Waals surface area contributed by atoms with Gasteiger partial charge in [-0.15, -0.1) is 0 Å². The maximum Gasteiger partial charge on any atom is 0.401 e. The van der Waals surface area contributed by atoms with Crippen LogP contribution in [0.2, 0.25) is 0 Å². The van der Waals surface area contributed by atoms with Crippen molar-refractivity contribution in [3.05, 3.63) is 29.8 Å². The molecule has 0 aliphatic heterocycles. The quantitative estimate of drug-likeness (QED) is 0.874. The van der Waals surface area contributed by atoms with E-state index in [0.717, 1.165) is 0 Å². The number of rotatable bonds is 6. The zero-order chi connectivity index (χ0) is 15.3. The number of benzene rings is 1. The van der Waals surface area contributed by atoms with Crippen LogP contribution in [0.5, 0.6) is 5.75 Å². The molecule has 0 bridgehead atoms. The molecule has 1 aromatic rings. The highest BCUT2D eigenvalue weighted by Crippen LogP contribution is 2.25. The molecule has 2 atom stereocenters. The Kier molecular flexibility index (Phi) is 5.83. The third kappa shape index (κ3) is 4.68. The van der Waals surface area contributed by atoms with Gasteiger partial charge in [-0.3, -0.25) is 4.90 Å². The molecule has 3 nitrogen and oxygen atoms in total. The lowest BCUT2D eigenvalue weighted by Gasteiger charge is -2.32. The lowest BCUT2D eigenvalue weighted by molar-refractivity contribution is -0.154. The third-order valence-corrected chi connectivity index (χ3v) is 3.28. The van der Waals surface area contributed by atoms with Crippen LogP contribution in [-0.4, -0.2) is 42.4 Å². The average Bonchev–Trinajstić information content (AvgIpc) is 2.42.